The van der Waals surface area contributed by atoms with Crippen molar-refractivity contribution < 1.29 is 13.2 Å². The molecule has 0 radical (unpaired) electrons. The molecule has 1 atom stereocenters. The Bertz CT molecular complexity index is 1110. The number of aromatic nitrogens is 3. The monoisotopic (exact) mass is 388 g/mol. The summed E-state index contributed by atoms with van der Waals surface area (Å²) >= 11 is 0. The molecule has 0 saturated heterocycles. The Morgan fingerprint density at radius 3 is 2.57 bits per heavy atom. The van der Waals surface area contributed by atoms with E-state index in [1.807, 2.05) is 0 Å². The lowest BCUT2D eigenvalue weighted by Gasteiger charge is -2.18. The third kappa shape index (κ3) is 3.23. The van der Waals surface area contributed by atoms with Crippen LogP contribution in [0.5, 0.6) is 0 Å². The van der Waals surface area contributed by atoms with E-state index in [1.54, 1.807) is 24.6 Å². The van der Waals surface area contributed by atoms with Crippen molar-refractivity contribution in [3.63, 3.8) is 0 Å². The van der Waals surface area contributed by atoms with Crippen LogP contribution in [0.25, 0.3) is 10.8 Å². The third-order valence-corrected chi connectivity index (χ3v) is 5.08. The number of nitrogens with one attached hydrogen (secondary N) is 1. The Labute approximate surface area is 159 Å². The zero-order valence-corrected chi connectivity index (χ0v) is 15.4. The number of pyridine rings is 1. The average molecular weight is 388 g/mol. The minimum atomic E-state index is -2.89. The fourth-order valence-corrected chi connectivity index (χ4v) is 3.37. The van der Waals surface area contributed by atoms with Crippen LogP contribution in [0.15, 0.2) is 35.3 Å². The van der Waals surface area contributed by atoms with Gasteiger partial charge in [0.1, 0.15) is 5.82 Å². The van der Waals surface area contributed by atoms with E-state index in [-0.39, 0.29) is 17.2 Å². The molecule has 1 fully saturated rings. The standard InChI is InChI=1S/C20H19F3N4O/c1-10(13-4-3-5-14(18(13)21)19(22)23)24-20-16-9-27(12-6-7-12)17(28)8-15(16)11(2)25-26-20/h3-5,8-10,12,19H,6-7H2,1-2H3,(H,24,26)/t10-/m1/s1. The van der Waals surface area contributed by atoms with Crippen molar-refractivity contribution in [3.05, 3.63) is 63.5 Å². The maximum Gasteiger partial charge on any atom is 0.266 e. The summed E-state index contributed by atoms with van der Waals surface area (Å²) in [7, 11) is 0. The second-order valence-electron chi connectivity index (χ2n) is 7.13. The molecule has 1 N–H and O–H groups in total. The van der Waals surface area contributed by atoms with Gasteiger partial charge in [0, 0.05) is 34.6 Å². The van der Waals surface area contributed by atoms with E-state index in [0.717, 1.165) is 18.9 Å². The molecule has 5 nitrogen and oxygen atoms in total. The number of hydrogen-bond acceptors (Lipinski definition) is 4. The van der Waals surface area contributed by atoms with Gasteiger partial charge in [0.15, 0.2) is 5.82 Å². The Balaban J connectivity index is 1.76. The first-order valence-electron chi connectivity index (χ1n) is 9.09. The van der Waals surface area contributed by atoms with Crippen LogP contribution in [-0.4, -0.2) is 14.8 Å². The van der Waals surface area contributed by atoms with Crippen molar-refractivity contribution in [3.8, 4) is 0 Å². The van der Waals surface area contributed by atoms with Crippen LogP contribution < -0.4 is 10.9 Å². The van der Waals surface area contributed by atoms with Crippen molar-refractivity contribution in [2.75, 3.05) is 5.32 Å². The fraction of sp³-hybridized carbons (Fsp3) is 0.350. The average Bonchev–Trinajstić information content (AvgIpc) is 3.49. The largest absolute Gasteiger partial charge is 0.361 e. The minimum absolute atomic E-state index is 0.0965. The number of aryl methyl sites for hydroxylation is 1. The second-order valence-corrected chi connectivity index (χ2v) is 7.13. The van der Waals surface area contributed by atoms with Gasteiger partial charge in [0.2, 0.25) is 0 Å². The number of anilines is 1. The second kappa shape index (κ2) is 6.92. The molecule has 0 bridgehead atoms. The highest BCUT2D eigenvalue weighted by Crippen LogP contribution is 2.35. The van der Waals surface area contributed by atoms with Gasteiger partial charge in [0.05, 0.1) is 17.3 Å². The van der Waals surface area contributed by atoms with Crippen molar-refractivity contribution in [1.82, 2.24) is 14.8 Å². The van der Waals surface area contributed by atoms with Crippen LogP contribution in [0.2, 0.25) is 0 Å². The Morgan fingerprint density at radius 1 is 1.18 bits per heavy atom. The molecule has 1 aliphatic carbocycles. The van der Waals surface area contributed by atoms with Crippen LogP contribution in [0.4, 0.5) is 19.0 Å². The van der Waals surface area contributed by atoms with Crippen molar-refractivity contribution >= 4 is 16.6 Å². The SMILES string of the molecule is Cc1nnc(N[C@H](C)c2cccc(C(F)F)c2F)c2cn(C3CC3)c(=O)cc12. The first-order valence-corrected chi connectivity index (χ1v) is 9.09. The molecular formula is C20H19F3N4O. The Kier molecular flexibility index (Phi) is 4.56. The van der Waals surface area contributed by atoms with Crippen LogP contribution in [-0.2, 0) is 0 Å². The molecule has 0 aliphatic heterocycles. The molecule has 146 valence electrons. The summed E-state index contributed by atoms with van der Waals surface area (Å²) in [6, 6.07) is 5.04. The van der Waals surface area contributed by atoms with E-state index in [1.165, 1.54) is 18.2 Å². The molecule has 0 spiro atoms. The van der Waals surface area contributed by atoms with E-state index >= 15 is 0 Å². The summed E-state index contributed by atoms with van der Waals surface area (Å²) in [5.41, 5.74) is -0.00249. The summed E-state index contributed by atoms with van der Waals surface area (Å²) < 4.78 is 42.2. The minimum Gasteiger partial charge on any atom is -0.361 e. The van der Waals surface area contributed by atoms with Gasteiger partial charge in [-0.25, -0.2) is 13.2 Å². The van der Waals surface area contributed by atoms with Crippen LogP contribution in [0.1, 0.15) is 55.1 Å². The number of halogens is 3. The fourth-order valence-electron chi connectivity index (χ4n) is 3.37. The van der Waals surface area contributed by atoms with Gasteiger partial charge in [-0.3, -0.25) is 4.79 Å². The molecule has 3 aromatic rings. The predicted molar refractivity (Wildman–Crippen MR) is 100 cm³/mol. The highest BCUT2D eigenvalue weighted by molar-refractivity contribution is 5.92. The zero-order valence-electron chi connectivity index (χ0n) is 15.4. The van der Waals surface area contributed by atoms with E-state index in [0.29, 0.717) is 22.3 Å². The number of alkyl halides is 2. The Morgan fingerprint density at radius 2 is 1.89 bits per heavy atom. The lowest BCUT2D eigenvalue weighted by molar-refractivity contribution is 0.146. The van der Waals surface area contributed by atoms with Gasteiger partial charge in [-0.1, -0.05) is 18.2 Å². The van der Waals surface area contributed by atoms with E-state index in [2.05, 4.69) is 15.5 Å². The molecule has 0 unspecified atom stereocenters. The smallest absolute Gasteiger partial charge is 0.266 e. The molecular weight excluding hydrogens is 369 g/mol. The van der Waals surface area contributed by atoms with Gasteiger partial charge < -0.3 is 9.88 Å². The molecule has 28 heavy (non-hydrogen) atoms. The lowest BCUT2D eigenvalue weighted by atomic mass is 10.0. The number of rotatable bonds is 5. The normalized spacial score (nSPS) is 15.2. The van der Waals surface area contributed by atoms with Crippen LogP contribution in [0, 0.1) is 12.7 Å². The van der Waals surface area contributed by atoms with Gasteiger partial charge in [0.25, 0.3) is 12.0 Å². The highest BCUT2D eigenvalue weighted by atomic mass is 19.3. The maximum absolute atomic E-state index is 14.5. The summed E-state index contributed by atoms with van der Waals surface area (Å²) in [6.45, 7) is 3.42. The summed E-state index contributed by atoms with van der Waals surface area (Å²) in [5, 5.41) is 12.7. The zero-order chi connectivity index (χ0) is 20.0. The summed E-state index contributed by atoms with van der Waals surface area (Å²) in [6.07, 6.45) is 0.763. The van der Waals surface area contributed by atoms with Crippen molar-refractivity contribution in [2.24, 2.45) is 0 Å². The lowest BCUT2D eigenvalue weighted by Crippen LogP contribution is -2.19. The number of nitrogens with zero attached hydrogens (tertiary/aromatic N) is 3. The van der Waals surface area contributed by atoms with E-state index in [4.69, 9.17) is 0 Å². The van der Waals surface area contributed by atoms with E-state index < -0.39 is 23.8 Å². The van der Waals surface area contributed by atoms with Crippen LogP contribution >= 0.6 is 0 Å². The van der Waals surface area contributed by atoms with Crippen molar-refractivity contribution in [2.45, 2.75) is 45.2 Å². The number of benzene rings is 1. The molecule has 2 heterocycles. The molecule has 4 rings (SSSR count). The first kappa shape index (κ1) is 18.5. The summed E-state index contributed by atoms with van der Waals surface area (Å²) in [4.78, 5) is 12.3. The van der Waals surface area contributed by atoms with Gasteiger partial charge in [-0.05, 0) is 26.7 Å². The number of hydrogen-bond donors (Lipinski definition) is 1. The van der Waals surface area contributed by atoms with Gasteiger partial charge in [-0.15, -0.1) is 5.10 Å². The van der Waals surface area contributed by atoms with Gasteiger partial charge >= 0.3 is 0 Å². The summed E-state index contributed by atoms with van der Waals surface area (Å²) in [5.74, 6) is -0.555. The van der Waals surface area contributed by atoms with Crippen molar-refractivity contribution in [1.29, 1.82) is 0 Å². The molecule has 8 heteroatoms. The topological polar surface area (TPSA) is 59.8 Å². The molecule has 1 aliphatic rings. The predicted octanol–water partition coefficient (Wildman–Crippen LogP) is 4.68. The van der Waals surface area contributed by atoms with E-state index in [9.17, 15) is 18.0 Å². The first-order chi connectivity index (χ1) is 13.4. The Hall–Kier alpha value is -2.90. The molecule has 0 amide bonds. The van der Waals surface area contributed by atoms with Crippen LogP contribution in [0.3, 0.4) is 0 Å². The third-order valence-electron chi connectivity index (χ3n) is 5.08. The van der Waals surface area contributed by atoms with Gasteiger partial charge in [-0.2, -0.15) is 5.10 Å². The highest BCUT2D eigenvalue weighted by Gasteiger charge is 2.26. The number of fused-ring (bicyclic) bond motifs is 1. The molecule has 2 aromatic heterocycles. The molecule has 1 saturated carbocycles. The maximum atomic E-state index is 14.5. The molecule has 1 aromatic carbocycles. The quantitative estimate of drug-likeness (QED) is 0.689.